The van der Waals surface area contributed by atoms with E-state index in [1.807, 2.05) is 0 Å². The summed E-state index contributed by atoms with van der Waals surface area (Å²) in [6.07, 6.45) is 0.686. The van der Waals surface area contributed by atoms with E-state index in [4.69, 9.17) is 10.5 Å². The monoisotopic (exact) mass is 277 g/mol. The number of hydrogen-bond donors (Lipinski definition) is 1. The number of ether oxygens (including phenoxy) is 1. The molecule has 2 heterocycles. The van der Waals surface area contributed by atoms with Gasteiger partial charge < -0.3 is 15.4 Å². The summed E-state index contributed by atoms with van der Waals surface area (Å²) >= 11 is 0. The molecule has 2 rings (SSSR count). The van der Waals surface area contributed by atoms with Gasteiger partial charge in [0.15, 0.2) is 0 Å². The van der Waals surface area contributed by atoms with E-state index in [1.165, 1.54) is 0 Å². The lowest BCUT2D eigenvalue weighted by Gasteiger charge is -2.28. The number of fused-ring (bicyclic) bond motifs is 1. The molecule has 0 saturated carbocycles. The van der Waals surface area contributed by atoms with Crippen molar-refractivity contribution < 1.29 is 14.3 Å². The van der Waals surface area contributed by atoms with E-state index in [9.17, 15) is 9.59 Å². The minimum atomic E-state index is -0.441. The van der Waals surface area contributed by atoms with Gasteiger partial charge in [-0.2, -0.15) is 0 Å². The Balaban J connectivity index is 2.38. The number of hydrogen-bond acceptors (Lipinski definition) is 5. The Morgan fingerprint density at radius 1 is 1.55 bits per heavy atom. The van der Waals surface area contributed by atoms with E-state index in [-0.39, 0.29) is 5.91 Å². The fourth-order valence-corrected chi connectivity index (χ4v) is 2.33. The standard InChI is InChI=1S/C14H19N3O3/c1-3-20-14(19)10-8-11-12(16-9(10)2)4-6-17(7-5-15)13(11)18/h8H,3-7,15H2,1-2H3. The summed E-state index contributed by atoms with van der Waals surface area (Å²) in [6.45, 7) is 5.35. The largest absolute Gasteiger partial charge is 0.462 e. The minimum Gasteiger partial charge on any atom is -0.462 e. The molecule has 0 aromatic carbocycles. The van der Waals surface area contributed by atoms with Gasteiger partial charge in [-0.05, 0) is 19.9 Å². The fourth-order valence-electron chi connectivity index (χ4n) is 2.33. The van der Waals surface area contributed by atoms with E-state index in [0.717, 1.165) is 5.69 Å². The Morgan fingerprint density at radius 3 is 2.95 bits per heavy atom. The molecule has 108 valence electrons. The highest BCUT2D eigenvalue weighted by atomic mass is 16.5. The van der Waals surface area contributed by atoms with Crippen molar-refractivity contribution in [1.29, 1.82) is 0 Å². The van der Waals surface area contributed by atoms with E-state index in [2.05, 4.69) is 4.98 Å². The van der Waals surface area contributed by atoms with E-state index >= 15 is 0 Å². The van der Waals surface area contributed by atoms with Crippen molar-refractivity contribution in [3.05, 3.63) is 28.6 Å². The van der Waals surface area contributed by atoms with Crippen molar-refractivity contribution in [2.45, 2.75) is 20.3 Å². The van der Waals surface area contributed by atoms with Gasteiger partial charge in [0.05, 0.1) is 29.1 Å². The number of carbonyl (C=O) groups excluding carboxylic acids is 2. The third-order valence-electron chi connectivity index (χ3n) is 3.32. The number of amides is 1. The first-order valence-corrected chi connectivity index (χ1v) is 6.75. The molecule has 0 fully saturated rings. The molecule has 0 radical (unpaired) electrons. The van der Waals surface area contributed by atoms with Gasteiger partial charge in [0, 0.05) is 26.1 Å². The van der Waals surface area contributed by atoms with Crippen molar-refractivity contribution in [3.8, 4) is 0 Å². The molecule has 1 aromatic rings. The van der Waals surface area contributed by atoms with Gasteiger partial charge in [-0.1, -0.05) is 0 Å². The molecule has 1 amide bonds. The van der Waals surface area contributed by atoms with Crippen LogP contribution in [0.4, 0.5) is 0 Å². The molecule has 0 saturated heterocycles. The smallest absolute Gasteiger partial charge is 0.339 e. The lowest BCUT2D eigenvalue weighted by atomic mass is 10.0. The Hall–Kier alpha value is -1.95. The van der Waals surface area contributed by atoms with Crippen LogP contribution in [0.5, 0.6) is 0 Å². The third kappa shape index (κ3) is 2.65. The normalized spacial score (nSPS) is 14.2. The number of nitrogens with zero attached hydrogens (tertiary/aromatic N) is 2. The van der Waals surface area contributed by atoms with Crippen LogP contribution in [0.15, 0.2) is 6.07 Å². The van der Waals surface area contributed by atoms with Crippen LogP contribution < -0.4 is 5.73 Å². The highest BCUT2D eigenvalue weighted by molar-refractivity contribution is 5.99. The van der Waals surface area contributed by atoms with Crippen molar-refractivity contribution in [2.75, 3.05) is 26.2 Å². The summed E-state index contributed by atoms with van der Waals surface area (Å²) in [5, 5.41) is 0. The van der Waals surface area contributed by atoms with Crippen LogP contribution >= 0.6 is 0 Å². The summed E-state index contributed by atoms with van der Waals surface area (Å²) in [5.41, 5.74) is 7.68. The first-order chi connectivity index (χ1) is 9.58. The van der Waals surface area contributed by atoms with Crippen molar-refractivity contribution in [3.63, 3.8) is 0 Å². The van der Waals surface area contributed by atoms with Gasteiger partial charge in [-0.25, -0.2) is 4.79 Å². The number of aryl methyl sites for hydroxylation is 1. The second-order valence-corrected chi connectivity index (χ2v) is 4.67. The van der Waals surface area contributed by atoms with Gasteiger partial charge >= 0.3 is 5.97 Å². The first kappa shape index (κ1) is 14.5. The molecule has 1 aliphatic heterocycles. The highest BCUT2D eigenvalue weighted by Crippen LogP contribution is 2.20. The second kappa shape index (κ2) is 6.00. The van der Waals surface area contributed by atoms with Crippen molar-refractivity contribution in [2.24, 2.45) is 5.73 Å². The van der Waals surface area contributed by atoms with Crippen LogP contribution in [0.25, 0.3) is 0 Å². The third-order valence-corrected chi connectivity index (χ3v) is 3.32. The molecule has 1 aromatic heterocycles. The average molecular weight is 277 g/mol. The summed E-state index contributed by atoms with van der Waals surface area (Å²) in [6, 6.07) is 1.60. The lowest BCUT2D eigenvalue weighted by molar-refractivity contribution is 0.0525. The van der Waals surface area contributed by atoms with Gasteiger partial charge in [0.25, 0.3) is 5.91 Å². The minimum absolute atomic E-state index is 0.116. The van der Waals surface area contributed by atoms with Crippen LogP contribution in [0.1, 0.15) is 39.0 Å². The predicted octanol–water partition coefficient (Wildman–Crippen LogP) is 0.524. The van der Waals surface area contributed by atoms with Crippen molar-refractivity contribution >= 4 is 11.9 Å². The maximum absolute atomic E-state index is 12.3. The molecule has 0 spiro atoms. The molecule has 1 aliphatic rings. The lowest BCUT2D eigenvalue weighted by Crippen LogP contribution is -2.41. The summed E-state index contributed by atoms with van der Waals surface area (Å²) < 4.78 is 4.99. The molecule has 0 aliphatic carbocycles. The summed E-state index contributed by atoms with van der Waals surface area (Å²) in [4.78, 5) is 30.3. The van der Waals surface area contributed by atoms with Crippen molar-refractivity contribution in [1.82, 2.24) is 9.88 Å². The van der Waals surface area contributed by atoms with Gasteiger partial charge in [0.1, 0.15) is 0 Å². The number of pyridine rings is 1. The number of nitrogens with two attached hydrogens (primary N) is 1. The number of esters is 1. The van der Waals surface area contributed by atoms with Crippen LogP contribution in [0.2, 0.25) is 0 Å². The molecule has 0 bridgehead atoms. The number of rotatable bonds is 4. The topological polar surface area (TPSA) is 85.5 Å². The predicted molar refractivity (Wildman–Crippen MR) is 73.6 cm³/mol. The zero-order valence-corrected chi connectivity index (χ0v) is 11.8. The van der Waals surface area contributed by atoms with Crippen LogP contribution in [0, 0.1) is 6.92 Å². The average Bonchev–Trinajstić information content (AvgIpc) is 2.42. The summed E-state index contributed by atoms with van der Waals surface area (Å²) in [5.74, 6) is -0.557. The number of aromatic nitrogens is 1. The molecule has 20 heavy (non-hydrogen) atoms. The zero-order chi connectivity index (χ0) is 14.7. The van der Waals surface area contributed by atoms with Gasteiger partial charge in [0.2, 0.25) is 0 Å². The molecule has 0 atom stereocenters. The quantitative estimate of drug-likeness (QED) is 0.811. The molecular formula is C14H19N3O3. The fraction of sp³-hybridized carbons (Fsp3) is 0.500. The Morgan fingerprint density at radius 2 is 2.30 bits per heavy atom. The molecule has 6 heteroatoms. The van der Waals surface area contributed by atoms with Crippen LogP contribution in [0.3, 0.4) is 0 Å². The van der Waals surface area contributed by atoms with Gasteiger partial charge in [-0.3, -0.25) is 9.78 Å². The summed E-state index contributed by atoms with van der Waals surface area (Å²) in [7, 11) is 0. The maximum atomic E-state index is 12.3. The Kier molecular flexibility index (Phi) is 4.34. The highest BCUT2D eigenvalue weighted by Gasteiger charge is 2.27. The first-order valence-electron chi connectivity index (χ1n) is 6.75. The van der Waals surface area contributed by atoms with E-state index < -0.39 is 5.97 Å². The molecular weight excluding hydrogens is 258 g/mol. The maximum Gasteiger partial charge on any atom is 0.339 e. The molecule has 6 nitrogen and oxygen atoms in total. The van der Waals surface area contributed by atoms with Crippen LogP contribution in [-0.4, -0.2) is 48.0 Å². The zero-order valence-electron chi connectivity index (χ0n) is 11.8. The van der Waals surface area contributed by atoms with E-state index in [1.54, 1.807) is 24.8 Å². The molecule has 0 unspecified atom stereocenters. The Bertz CT molecular complexity index is 543. The van der Waals surface area contributed by atoms with Crippen LogP contribution in [-0.2, 0) is 11.2 Å². The van der Waals surface area contributed by atoms with Gasteiger partial charge in [-0.15, -0.1) is 0 Å². The second-order valence-electron chi connectivity index (χ2n) is 4.67. The Labute approximate surface area is 117 Å². The van der Waals surface area contributed by atoms with E-state index in [0.29, 0.717) is 49.5 Å². The number of carbonyl (C=O) groups is 2. The SMILES string of the molecule is CCOC(=O)c1cc2c(nc1C)CCN(CCN)C2=O. The molecule has 2 N–H and O–H groups in total.